The van der Waals surface area contributed by atoms with E-state index < -0.39 is 30.1 Å². The molecule has 1 saturated heterocycles. The van der Waals surface area contributed by atoms with Crippen LogP contribution in [0.5, 0.6) is 0 Å². The maximum atomic E-state index is 12.6. The first kappa shape index (κ1) is 13.3. The maximum absolute atomic E-state index is 12.6. The van der Waals surface area contributed by atoms with Crippen molar-refractivity contribution in [2.45, 2.75) is 50.9 Å². The summed E-state index contributed by atoms with van der Waals surface area (Å²) >= 11 is 0. The van der Waals surface area contributed by atoms with E-state index in [4.69, 9.17) is 5.41 Å². The van der Waals surface area contributed by atoms with Crippen molar-refractivity contribution in [1.82, 2.24) is 5.32 Å². The summed E-state index contributed by atoms with van der Waals surface area (Å²) in [6, 6.07) is -0.853. The standard InChI is InChI=1S/C10H17F3N2O/c1-2-3-4-5-6-7(10(11,12)13)8(16)9(14)15-6/h6-8,16H,2-5H2,1H3,(H2,14,15)/t6-,7-,8+/m1/s1. The van der Waals surface area contributed by atoms with Gasteiger partial charge in [0.1, 0.15) is 17.9 Å². The topological polar surface area (TPSA) is 56.1 Å². The van der Waals surface area contributed by atoms with E-state index in [1.807, 2.05) is 6.92 Å². The molecule has 0 saturated carbocycles. The second-order valence-corrected chi connectivity index (χ2v) is 4.17. The van der Waals surface area contributed by atoms with E-state index in [0.29, 0.717) is 12.8 Å². The molecule has 3 nitrogen and oxygen atoms in total. The van der Waals surface area contributed by atoms with Crippen LogP contribution in [-0.2, 0) is 0 Å². The number of aliphatic hydroxyl groups excluding tert-OH is 1. The molecule has 0 aromatic rings. The number of amidine groups is 1. The van der Waals surface area contributed by atoms with Gasteiger partial charge in [-0.2, -0.15) is 13.2 Å². The number of hydrogen-bond acceptors (Lipinski definition) is 2. The van der Waals surface area contributed by atoms with Crippen LogP contribution in [-0.4, -0.2) is 29.3 Å². The summed E-state index contributed by atoms with van der Waals surface area (Å²) in [7, 11) is 0. The molecule has 3 atom stereocenters. The predicted molar refractivity (Wildman–Crippen MR) is 54.3 cm³/mol. The molecule has 0 spiro atoms. The van der Waals surface area contributed by atoms with Crippen LogP contribution in [0.1, 0.15) is 32.6 Å². The molecule has 0 aromatic heterocycles. The van der Waals surface area contributed by atoms with Gasteiger partial charge in [-0.25, -0.2) is 0 Å². The third-order valence-corrected chi connectivity index (χ3v) is 2.91. The van der Waals surface area contributed by atoms with Gasteiger partial charge < -0.3 is 10.4 Å². The summed E-state index contributed by atoms with van der Waals surface area (Å²) in [6.45, 7) is 1.97. The number of nitrogens with one attached hydrogen (secondary N) is 2. The van der Waals surface area contributed by atoms with Crippen molar-refractivity contribution in [3.8, 4) is 0 Å². The van der Waals surface area contributed by atoms with Crippen LogP contribution in [0.2, 0.25) is 0 Å². The van der Waals surface area contributed by atoms with Crippen LogP contribution in [0.3, 0.4) is 0 Å². The average molecular weight is 238 g/mol. The summed E-state index contributed by atoms with van der Waals surface area (Å²) in [6.07, 6.45) is -3.36. The van der Waals surface area contributed by atoms with Crippen molar-refractivity contribution >= 4 is 5.84 Å². The minimum absolute atomic E-state index is 0.345. The smallest absolute Gasteiger partial charge is 0.384 e. The maximum Gasteiger partial charge on any atom is 0.396 e. The van der Waals surface area contributed by atoms with Crippen LogP contribution in [0.4, 0.5) is 13.2 Å². The Morgan fingerprint density at radius 2 is 2.00 bits per heavy atom. The van der Waals surface area contributed by atoms with Gasteiger partial charge in [0.2, 0.25) is 0 Å². The fourth-order valence-electron chi connectivity index (χ4n) is 2.05. The molecule has 1 rings (SSSR count). The third kappa shape index (κ3) is 2.87. The quantitative estimate of drug-likeness (QED) is 0.656. The SMILES string of the molecule is CCCCC[C@H]1NC(=N)[C@@H](O)[C@@H]1C(F)(F)F. The van der Waals surface area contributed by atoms with Gasteiger partial charge >= 0.3 is 6.18 Å². The van der Waals surface area contributed by atoms with Crippen molar-refractivity contribution in [1.29, 1.82) is 5.41 Å². The monoisotopic (exact) mass is 238 g/mol. The summed E-state index contributed by atoms with van der Waals surface area (Å²) in [5.74, 6) is -2.25. The van der Waals surface area contributed by atoms with Gasteiger partial charge in [0.15, 0.2) is 0 Å². The summed E-state index contributed by atoms with van der Waals surface area (Å²) < 4.78 is 37.9. The van der Waals surface area contributed by atoms with E-state index in [2.05, 4.69) is 5.32 Å². The Kier molecular flexibility index (Phi) is 4.18. The highest BCUT2D eigenvalue weighted by molar-refractivity contribution is 5.86. The van der Waals surface area contributed by atoms with Crippen LogP contribution in [0.25, 0.3) is 0 Å². The molecule has 1 aliphatic heterocycles. The molecule has 1 heterocycles. The zero-order valence-corrected chi connectivity index (χ0v) is 9.14. The predicted octanol–water partition coefficient (Wildman–Crippen LogP) is 2.06. The fourth-order valence-corrected chi connectivity index (χ4v) is 2.05. The Morgan fingerprint density at radius 1 is 1.38 bits per heavy atom. The van der Waals surface area contributed by atoms with E-state index in [-0.39, 0.29) is 0 Å². The molecule has 0 bridgehead atoms. The molecular formula is C10H17F3N2O. The van der Waals surface area contributed by atoms with Crippen molar-refractivity contribution in [2.24, 2.45) is 5.92 Å². The highest BCUT2D eigenvalue weighted by Crippen LogP contribution is 2.36. The Bertz CT molecular complexity index is 255. The number of rotatable bonds is 4. The Morgan fingerprint density at radius 3 is 2.50 bits per heavy atom. The lowest BCUT2D eigenvalue weighted by Gasteiger charge is -2.23. The molecule has 6 heteroatoms. The molecule has 0 radical (unpaired) electrons. The molecule has 16 heavy (non-hydrogen) atoms. The van der Waals surface area contributed by atoms with Gasteiger partial charge in [0, 0.05) is 6.04 Å². The molecule has 3 N–H and O–H groups in total. The second kappa shape index (κ2) is 5.03. The lowest BCUT2D eigenvalue weighted by molar-refractivity contribution is -0.193. The van der Waals surface area contributed by atoms with Crippen LogP contribution >= 0.6 is 0 Å². The van der Waals surface area contributed by atoms with E-state index in [1.165, 1.54) is 0 Å². The van der Waals surface area contributed by atoms with Crippen LogP contribution in [0.15, 0.2) is 0 Å². The summed E-state index contributed by atoms with van der Waals surface area (Å²) in [4.78, 5) is 0. The highest BCUT2D eigenvalue weighted by Gasteiger charge is 2.54. The first-order chi connectivity index (χ1) is 7.38. The van der Waals surface area contributed by atoms with Gasteiger partial charge in [-0.1, -0.05) is 26.2 Å². The van der Waals surface area contributed by atoms with Crippen LogP contribution in [0, 0.1) is 11.3 Å². The first-order valence-corrected chi connectivity index (χ1v) is 5.47. The minimum atomic E-state index is -4.45. The normalized spacial score (nSPS) is 30.6. The molecular weight excluding hydrogens is 221 g/mol. The number of unbranched alkanes of at least 4 members (excludes halogenated alkanes) is 2. The summed E-state index contributed by atoms with van der Waals surface area (Å²) in [5, 5.41) is 19.0. The zero-order chi connectivity index (χ0) is 12.3. The van der Waals surface area contributed by atoms with Crippen molar-refractivity contribution in [3.05, 3.63) is 0 Å². The molecule has 94 valence electrons. The Labute approximate surface area is 92.5 Å². The Hall–Kier alpha value is -0.780. The van der Waals surface area contributed by atoms with Crippen molar-refractivity contribution in [2.75, 3.05) is 0 Å². The molecule has 1 aliphatic rings. The molecule has 0 amide bonds. The van der Waals surface area contributed by atoms with Gasteiger partial charge in [-0.05, 0) is 6.42 Å². The average Bonchev–Trinajstić information content (AvgIpc) is 2.42. The van der Waals surface area contributed by atoms with Crippen molar-refractivity contribution < 1.29 is 18.3 Å². The van der Waals surface area contributed by atoms with Gasteiger partial charge in [0.05, 0.1) is 0 Å². The number of aliphatic hydroxyl groups is 1. The number of halogens is 3. The number of hydrogen-bond donors (Lipinski definition) is 3. The van der Waals surface area contributed by atoms with Crippen LogP contribution < -0.4 is 5.32 Å². The van der Waals surface area contributed by atoms with E-state index in [9.17, 15) is 18.3 Å². The van der Waals surface area contributed by atoms with Gasteiger partial charge in [0.25, 0.3) is 0 Å². The fraction of sp³-hybridized carbons (Fsp3) is 0.900. The number of alkyl halides is 3. The lowest BCUT2D eigenvalue weighted by atomic mass is 9.93. The third-order valence-electron chi connectivity index (χ3n) is 2.91. The minimum Gasteiger partial charge on any atom is -0.384 e. The van der Waals surface area contributed by atoms with Gasteiger partial charge in [-0.3, -0.25) is 5.41 Å². The zero-order valence-electron chi connectivity index (χ0n) is 9.14. The van der Waals surface area contributed by atoms with Crippen molar-refractivity contribution in [3.63, 3.8) is 0 Å². The largest absolute Gasteiger partial charge is 0.396 e. The van der Waals surface area contributed by atoms with E-state index in [1.54, 1.807) is 0 Å². The second-order valence-electron chi connectivity index (χ2n) is 4.17. The molecule has 0 aromatic carbocycles. The van der Waals surface area contributed by atoms with E-state index in [0.717, 1.165) is 12.8 Å². The van der Waals surface area contributed by atoms with Gasteiger partial charge in [-0.15, -0.1) is 0 Å². The molecule has 1 fully saturated rings. The molecule has 0 aliphatic carbocycles. The summed E-state index contributed by atoms with van der Waals surface area (Å²) in [5.41, 5.74) is 0. The Balaban J connectivity index is 2.64. The first-order valence-electron chi connectivity index (χ1n) is 5.47. The lowest BCUT2D eigenvalue weighted by Crippen LogP contribution is -2.39. The van der Waals surface area contributed by atoms with E-state index >= 15 is 0 Å². The molecule has 0 unspecified atom stereocenters. The highest BCUT2D eigenvalue weighted by atomic mass is 19.4.